The van der Waals surface area contributed by atoms with Gasteiger partial charge in [-0.25, -0.2) is 4.39 Å². The van der Waals surface area contributed by atoms with Crippen LogP contribution in [0.1, 0.15) is 32.0 Å². The Morgan fingerprint density at radius 3 is 2.38 bits per heavy atom. The van der Waals surface area contributed by atoms with Crippen molar-refractivity contribution in [2.45, 2.75) is 0 Å². The summed E-state index contributed by atoms with van der Waals surface area (Å²) in [7, 11) is 0. The molecule has 0 aliphatic carbocycles. The largest absolute Gasteiger partial charge is 0.507 e. The fourth-order valence-electron chi connectivity index (χ4n) is 3.90. The van der Waals surface area contributed by atoms with Crippen molar-refractivity contribution in [3.63, 3.8) is 0 Å². The van der Waals surface area contributed by atoms with E-state index in [-0.39, 0.29) is 28.4 Å². The van der Waals surface area contributed by atoms with Crippen molar-refractivity contribution in [1.29, 1.82) is 0 Å². The molecule has 0 amide bonds. The lowest BCUT2D eigenvalue weighted by Gasteiger charge is -2.07. The molecular weight excluding hydrogens is 429 g/mol. The number of carbonyl (C=O) groups excluding carboxylic acids is 2. The zero-order valence-corrected chi connectivity index (χ0v) is 17.3. The number of aromatic nitrogens is 1. The molecule has 2 aromatic heterocycles. The van der Waals surface area contributed by atoms with Crippen LogP contribution in [-0.4, -0.2) is 21.1 Å². The Morgan fingerprint density at radius 2 is 1.59 bits per heavy atom. The molecule has 0 spiro atoms. The van der Waals surface area contributed by atoms with Gasteiger partial charge >= 0.3 is 0 Å². The third-order valence-electron chi connectivity index (χ3n) is 5.44. The van der Waals surface area contributed by atoms with Crippen LogP contribution in [-0.2, 0) is 0 Å². The van der Waals surface area contributed by atoms with Crippen LogP contribution < -0.4 is 0 Å². The monoisotopic (exact) mass is 443 g/mol. The lowest BCUT2D eigenvalue weighted by Crippen LogP contribution is -2.05. The van der Waals surface area contributed by atoms with E-state index in [1.54, 1.807) is 10.6 Å². The number of hydrogen-bond acceptors (Lipinski definition) is 3. The predicted octanol–water partition coefficient (Wildman–Crippen LogP) is 6.05. The molecule has 0 radical (unpaired) electrons. The van der Waals surface area contributed by atoms with Crippen LogP contribution in [0.2, 0.25) is 5.02 Å². The minimum absolute atomic E-state index is 0.0405. The fraction of sp³-hybridized carbons (Fsp3) is 0. The second kappa shape index (κ2) is 7.62. The number of phenolic OH excluding ortho intramolecular Hbond substituents is 1. The number of benzene rings is 3. The molecule has 156 valence electrons. The van der Waals surface area contributed by atoms with Crippen LogP contribution in [0.5, 0.6) is 5.75 Å². The smallest absolute Gasteiger partial charge is 0.209 e. The van der Waals surface area contributed by atoms with Crippen molar-refractivity contribution in [3.05, 3.63) is 118 Å². The third-order valence-corrected chi connectivity index (χ3v) is 5.68. The van der Waals surface area contributed by atoms with Gasteiger partial charge in [0.15, 0.2) is 5.78 Å². The lowest BCUT2D eigenvalue weighted by molar-refractivity contribution is 0.103. The van der Waals surface area contributed by atoms with Crippen molar-refractivity contribution in [3.8, 4) is 5.75 Å². The van der Waals surface area contributed by atoms with Gasteiger partial charge in [0.25, 0.3) is 0 Å². The summed E-state index contributed by atoms with van der Waals surface area (Å²) in [6, 6.07) is 20.4. The highest BCUT2D eigenvalue weighted by Crippen LogP contribution is 2.32. The van der Waals surface area contributed by atoms with E-state index in [2.05, 4.69) is 0 Å². The molecule has 1 N–H and O–H groups in total. The second-order valence-corrected chi connectivity index (χ2v) is 7.83. The normalized spacial score (nSPS) is 11.2. The molecule has 0 bridgehead atoms. The first kappa shape index (κ1) is 20.0. The number of rotatable bonds is 4. The topological polar surface area (TPSA) is 58.8 Å². The Balaban J connectivity index is 1.79. The average Bonchev–Trinajstić information content (AvgIpc) is 3.20. The van der Waals surface area contributed by atoms with Crippen LogP contribution in [0.4, 0.5) is 4.39 Å². The Bertz CT molecular complexity index is 1540. The quantitative estimate of drug-likeness (QED) is 0.344. The summed E-state index contributed by atoms with van der Waals surface area (Å²) in [5.41, 5.74) is 1.38. The first-order chi connectivity index (χ1) is 15.4. The van der Waals surface area contributed by atoms with Crippen molar-refractivity contribution < 1.29 is 19.1 Å². The highest BCUT2D eigenvalue weighted by Gasteiger charge is 2.24. The molecule has 32 heavy (non-hydrogen) atoms. The van der Waals surface area contributed by atoms with Crippen LogP contribution in [0, 0.1) is 5.82 Å². The maximum atomic E-state index is 13.5. The van der Waals surface area contributed by atoms with Crippen LogP contribution >= 0.6 is 11.6 Å². The number of aromatic hydroxyl groups is 1. The van der Waals surface area contributed by atoms with Crippen molar-refractivity contribution in [2.75, 3.05) is 0 Å². The second-order valence-electron chi connectivity index (χ2n) is 7.39. The maximum absolute atomic E-state index is 13.5. The minimum Gasteiger partial charge on any atom is -0.507 e. The molecule has 0 aliphatic rings. The molecule has 5 aromatic rings. The van der Waals surface area contributed by atoms with E-state index in [1.165, 1.54) is 48.5 Å². The van der Waals surface area contributed by atoms with Crippen LogP contribution in [0.25, 0.3) is 16.3 Å². The molecule has 0 saturated heterocycles. The van der Waals surface area contributed by atoms with E-state index in [4.69, 9.17) is 11.6 Å². The zero-order chi connectivity index (χ0) is 22.4. The summed E-state index contributed by atoms with van der Waals surface area (Å²) in [6.07, 6.45) is 1.73. The third kappa shape index (κ3) is 3.24. The molecule has 0 aliphatic heterocycles. The summed E-state index contributed by atoms with van der Waals surface area (Å²) in [4.78, 5) is 26.8. The summed E-state index contributed by atoms with van der Waals surface area (Å²) < 4.78 is 15.0. The summed E-state index contributed by atoms with van der Waals surface area (Å²) in [5.74, 6) is -1.47. The number of phenols is 1. The Labute approximate surface area is 187 Å². The summed E-state index contributed by atoms with van der Waals surface area (Å²) in [6.45, 7) is 0. The van der Waals surface area contributed by atoms with E-state index >= 15 is 0 Å². The summed E-state index contributed by atoms with van der Waals surface area (Å²) >= 11 is 6.06. The van der Waals surface area contributed by atoms with E-state index in [1.807, 2.05) is 30.3 Å². The lowest BCUT2D eigenvalue weighted by atomic mass is 10.0. The van der Waals surface area contributed by atoms with Gasteiger partial charge in [-0.3, -0.25) is 9.59 Å². The SMILES string of the molecule is O=C(c1cc(Cl)ccc1O)c1cc(C(=O)c2ccc(F)cc2)n2ccc3ccccc3c12. The van der Waals surface area contributed by atoms with Gasteiger partial charge in [0, 0.05) is 27.7 Å². The molecule has 3 aromatic carbocycles. The van der Waals surface area contributed by atoms with Gasteiger partial charge in [0.1, 0.15) is 11.6 Å². The van der Waals surface area contributed by atoms with Gasteiger partial charge in [0.2, 0.25) is 5.78 Å². The number of nitrogens with zero attached hydrogens (tertiary/aromatic N) is 1. The molecule has 0 fully saturated rings. The molecule has 4 nitrogen and oxygen atoms in total. The molecular formula is C26H15ClFNO3. The molecule has 6 heteroatoms. The zero-order valence-electron chi connectivity index (χ0n) is 16.5. The van der Waals surface area contributed by atoms with Gasteiger partial charge in [-0.05, 0) is 60.0 Å². The number of carbonyl (C=O) groups is 2. The highest BCUT2D eigenvalue weighted by atomic mass is 35.5. The first-order valence-corrected chi connectivity index (χ1v) is 10.2. The highest BCUT2D eigenvalue weighted by molar-refractivity contribution is 6.31. The summed E-state index contributed by atoms with van der Waals surface area (Å²) in [5, 5.41) is 12.3. The molecule has 0 unspecified atom stereocenters. The minimum atomic E-state index is -0.461. The van der Waals surface area contributed by atoms with Crippen molar-refractivity contribution in [2.24, 2.45) is 0 Å². The number of halogens is 2. The molecule has 0 atom stereocenters. The fourth-order valence-corrected chi connectivity index (χ4v) is 4.07. The van der Waals surface area contributed by atoms with Gasteiger partial charge in [0.05, 0.1) is 16.8 Å². The molecule has 5 rings (SSSR count). The van der Waals surface area contributed by atoms with Gasteiger partial charge < -0.3 is 9.51 Å². The predicted molar refractivity (Wildman–Crippen MR) is 121 cm³/mol. The Kier molecular flexibility index (Phi) is 4.76. The Morgan fingerprint density at radius 1 is 0.844 bits per heavy atom. The van der Waals surface area contributed by atoms with E-state index < -0.39 is 11.6 Å². The molecule has 0 saturated carbocycles. The number of ketones is 2. The van der Waals surface area contributed by atoms with Gasteiger partial charge in [-0.15, -0.1) is 0 Å². The van der Waals surface area contributed by atoms with E-state index in [9.17, 15) is 19.1 Å². The average molecular weight is 444 g/mol. The standard InChI is InChI=1S/C26H15ClFNO3/c27-17-7-10-23(30)20(13-17)26(32)21-14-22(25(31)16-5-8-18(28)9-6-16)29-12-11-15-3-1-2-4-19(15)24(21)29/h1-14,30H. The van der Waals surface area contributed by atoms with Gasteiger partial charge in [-0.2, -0.15) is 0 Å². The Hall–Kier alpha value is -3.96. The number of hydrogen-bond donors (Lipinski definition) is 1. The van der Waals surface area contributed by atoms with Crippen molar-refractivity contribution in [1.82, 2.24) is 4.40 Å². The van der Waals surface area contributed by atoms with Gasteiger partial charge in [-0.1, -0.05) is 35.9 Å². The van der Waals surface area contributed by atoms with Crippen LogP contribution in [0.15, 0.2) is 85.1 Å². The van der Waals surface area contributed by atoms with Crippen LogP contribution in [0.3, 0.4) is 0 Å². The van der Waals surface area contributed by atoms with E-state index in [0.29, 0.717) is 16.1 Å². The first-order valence-electron chi connectivity index (χ1n) is 9.80. The molecule has 2 heterocycles. The van der Waals surface area contributed by atoms with E-state index in [0.717, 1.165) is 10.8 Å². The number of fused-ring (bicyclic) bond motifs is 3. The number of pyridine rings is 1. The van der Waals surface area contributed by atoms with Crippen molar-refractivity contribution >= 4 is 39.5 Å². The maximum Gasteiger partial charge on any atom is 0.209 e.